The summed E-state index contributed by atoms with van der Waals surface area (Å²) in [6.45, 7) is 0. The lowest BCUT2D eigenvalue weighted by molar-refractivity contribution is -0.385. The molecule has 3 aliphatic rings. The summed E-state index contributed by atoms with van der Waals surface area (Å²) in [5, 5.41) is 11.1. The number of rotatable bonds is 4. The minimum atomic E-state index is -0.295. The molecule has 3 aliphatic carbocycles. The van der Waals surface area contributed by atoms with Gasteiger partial charge in [-0.3, -0.25) is 10.1 Å². The van der Waals surface area contributed by atoms with E-state index in [0.717, 1.165) is 29.2 Å². The van der Waals surface area contributed by atoms with Crippen molar-refractivity contribution >= 4 is 17.3 Å². The number of hydrogen-bond donors (Lipinski definition) is 0. The van der Waals surface area contributed by atoms with Crippen molar-refractivity contribution in [2.45, 2.75) is 31.1 Å². The largest absolute Gasteiger partial charge is 0.272 e. The fourth-order valence-electron chi connectivity index (χ4n) is 5.08. The van der Waals surface area contributed by atoms with E-state index in [4.69, 9.17) is 11.6 Å². The van der Waals surface area contributed by atoms with Crippen LogP contribution in [0.2, 0.25) is 0 Å². The lowest BCUT2D eigenvalue weighted by Gasteiger charge is -2.14. The Balaban J connectivity index is 1.49. The van der Waals surface area contributed by atoms with Gasteiger partial charge in [-0.2, -0.15) is 0 Å². The molecule has 0 aromatic heterocycles. The van der Waals surface area contributed by atoms with E-state index in [1.165, 1.54) is 19.3 Å². The summed E-state index contributed by atoms with van der Waals surface area (Å²) < 4.78 is 0. The van der Waals surface area contributed by atoms with E-state index in [9.17, 15) is 10.1 Å². The fraction of sp³-hybridized carbons (Fsp3) is 0.625. The van der Waals surface area contributed by atoms with E-state index in [1.54, 1.807) is 12.1 Å². The molecule has 20 heavy (non-hydrogen) atoms. The number of hydrogen-bond acceptors (Lipinski definition) is 2. The Morgan fingerprint density at radius 3 is 2.55 bits per heavy atom. The van der Waals surface area contributed by atoms with Gasteiger partial charge in [-0.05, 0) is 55.3 Å². The molecule has 1 aromatic rings. The molecule has 0 heterocycles. The zero-order valence-electron chi connectivity index (χ0n) is 11.2. The zero-order chi connectivity index (χ0) is 13.9. The second kappa shape index (κ2) is 4.45. The molecule has 4 heteroatoms. The van der Waals surface area contributed by atoms with Crippen molar-refractivity contribution < 1.29 is 4.92 Å². The van der Waals surface area contributed by atoms with Crippen molar-refractivity contribution in [2.75, 3.05) is 0 Å². The highest BCUT2D eigenvalue weighted by Crippen LogP contribution is 2.71. The molecule has 2 bridgehead atoms. The van der Waals surface area contributed by atoms with Crippen LogP contribution in [-0.4, -0.2) is 10.3 Å². The SMILES string of the molecule is O=[N+]([O-])c1ccccc1CC(Cl)C1C2C3CCC(C3)C12. The smallest absolute Gasteiger partial charge is 0.258 e. The Morgan fingerprint density at radius 2 is 1.90 bits per heavy atom. The van der Waals surface area contributed by atoms with Crippen LogP contribution in [0.5, 0.6) is 0 Å². The molecule has 0 spiro atoms. The predicted octanol–water partition coefficient (Wildman–Crippen LogP) is 4.04. The Kier molecular flexibility index (Phi) is 2.81. The predicted molar refractivity (Wildman–Crippen MR) is 77.7 cm³/mol. The first kappa shape index (κ1) is 12.6. The van der Waals surface area contributed by atoms with Crippen LogP contribution in [0.4, 0.5) is 5.69 Å². The van der Waals surface area contributed by atoms with Crippen LogP contribution in [0.25, 0.3) is 0 Å². The van der Waals surface area contributed by atoms with E-state index < -0.39 is 0 Å². The molecule has 0 radical (unpaired) electrons. The summed E-state index contributed by atoms with van der Waals surface area (Å²) in [5.41, 5.74) is 1.00. The molecular formula is C16H18ClNO2. The summed E-state index contributed by atoms with van der Waals surface area (Å²) in [4.78, 5) is 10.8. The molecule has 3 nitrogen and oxygen atoms in total. The lowest BCUT2D eigenvalue weighted by Crippen LogP contribution is -2.13. The normalized spacial score (nSPS) is 38.5. The Hall–Kier alpha value is -1.09. The van der Waals surface area contributed by atoms with Crippen molar-refractivity contribution in [3.05, 3.63) is 39.9 Å². The number of halogens is 1. The highest BCUT2D eigenvalue weighted by atomic mass is 35.5. The van der Waals surface area contributed by atoms with Gasteiger partial charge in [-0.15, -0.1) is 11.6 Å². The van der Waals surface area contributed by atoms with Gasteiger partial charge in [0, 0.05) is 17.0 Å². The van der Waals surface area contributed by atoms with Crippen molar-refractivity contribution in [2.24, 2.45) is 29.6 Å². The minimum Gasteiger partial charge on any atom is -0.258 e. The van der Waals surface area contributed by atoms with Crippen LogP contribution in [0.1, 0.15) is 24.8 Å². The van der Waals surface area contributed by atoms with Gasteiger partial charge in [0.15, 0.2) is 0 Å². The molecule has 106 valence electrons. The minimum absolute atomic E-state index is 0.0644. The highest BCUT2D eigenvalue weighted by Gasteiger charge is 2.66. The van der Waals surface area contributed by atoms with Gasteiger partial charge in [0.25, 0.3) is 5.69 Å². The maximum absolute atomic E-state index is 11.1. The fourth-order valence-corrected chi connectivity index (χ4v) is 5.59. The third kappa shape index (κ3) is 1.79. The third-order valence-corrected chi connectivity index (χ3v) is 6.26. The molecule has 0 aliphatic heterocycles. The number of nitrogens with zero attached hydrogens (tertiary/aromatic N) is 1. The monoisotopic (exact) mass is 291 g/mol. The number of alkyl halides is 1. The zero-order valence-corrected chi connectivity index (χ0v) is 12.0. The highest BCUT2D eigenvalue weighted by molar-refractivity contribution is 6.21. The Morgan fingerprint density at radius 1 is 1.25 bits per heavy atom. The number of nitro groups is 1. The van der Waals surface area contributed by atoms with Gasteiger partial charge in [0.1, 0.15) is 0 Å². The maximum atomic E-state index is 11.1. The first-order valence-electron chi connectivity index (χ1n) is 7.53. The van der Waals surface area contributed by atoms with Gasteiger partial charge >= 0.3 is 0 Å². The van der Waals surface area contributed by atoms with Crippen LogP contribution < -0.4 is 0 Å². The Bertz CT molecular complexity index is 545. The molecule has 4 rings (SSSR count). The first-order valence-corrected chi connectivity index (χ1v) is 7.97. The molecule has 5 unspecified atom stereocenters. The summed E-state index contributed by atoms with van der Waals surface area (Å²) in [5.74, 6) is 4.09. The van der Waals surface area contributed by atoms with Crippen LogP contribution in [0, 0.1) is 39.7 Å². The molecular weight excluding hydrogens is 274 g/mol. The molecule has 0 amide bonds. The van der Waals surface area contributed by atoms with E-state index in [-0.39, 0.29) is 16.0 Å². The number of para-hydroxylation sites is 1. The van der Waals surface area contributed by atoms with Crippen molar-refractivity contribution in [1.82, 2.24) is 0 Å². The summed E-state index contributed by atoms with van der Waals surface area (Å²) in [6.07, 6.45) is 4.82. The molecule has 5 atom stereocenters. The van der Waals surface area contributed by atoms with Crippen LogP contribution in [0.3, 0.4) is 0 Å². The molecule has 1 aromatic carbocycles. The number of benzene rings is 1. The van der Waals surface area contributed by atoms with E-state index in [0.29, 0.717) is 12.3 Å². The maximum Gasteiger partial charge on any atom is 0.272 e. The summed E-state index contributed by atoms with van der Waals surface area (Å²) in [6, 6.07) is 7.01. The second-order valence-electron chi connectivity index (χ2n) is 6.67. The summed E-state index contributed by atoms with van der Waals surface area (Å²) in [7, 11) is 0. The van der Waals surface area contributed by atoms with Crippen molar-refractivity contribution in [3.8, 4) is 0 Å². The van der Waals surface area contributed by atoms with Gasteiger partial charge in [-0.25, -0.2) is 0 Å². The average Bonchev–Trinajstić information content (AvgIpc) is 2.88. The van der Waals surface area contributed by atoms with Crippen LogP contribution >= 0.6 is 11.6 Å². The topological polar surface area (TPSA) is 43.1 Å². The standard InChI is InChI=1S/C16H18ClNO2/c17-12(8-9-3-1-2-4-13(9)18(19)20)16-14-10-5-6-11(7-10)15(14)16/h1-4,10-12,14-16H,5-8H2. The summed E-state index contributed by atoms with van der Waals surface area (Å²) >= 11 is 6.63. The quantitative estimate of drug-likeness (QED) is 0.477. The van der Waals surface area contributed by atoms with Gasteiger partial charge in [0.05, 0.1) is 4.92 Å². The average molecular weight is 292 g/mol. The van der Waals surface area contributed by atoms with Gasteiger partial charge in [0.2, 0.25) is 0 Å². The van der Waals surface area contributed by atoms with Crippen molar-refractivity contribution in [3.63, 3.8) is 0 Å². The van der Waals surface area contributed by atoms with Crippen LogP contribution in [0.15, 0.2) is 24.3 Å². The first-order chi connectivity index (χ1) is 9.66. The number of nitro benzene ring substituents is 1. The van der Waals surface area contributed by atoms with E-state index in [2.05, 4.69) is 0 Å². The van der Waals surface area contributed by atoms with Gasteiger partial charge < -0.3 is 0 Å². The molecule has 3 fully saturated rings. The Labute approximate surface area is 123 Å². The van der Waals surface area contributed by atoms with Crippen molar-refractivity contribution in [1.29, 1.82) is 0 Å². The lowest BCUT2D eigenvalue weighted by atomic mass is 9.96. The van der Waals surface area contributed by atoms with E-state index >= 15 is 0 Å². The van der Waals surface area contributed by atoms with Gasteiger partial charge in [-0.1, -0.05) is 18.2 Å². The molecule has 3 saturated carbocycles. The van der Waals surface area contributed by atoms with E-state index in [1.807, 2.05) is 12.1 Å². The molecule has 0 saturated heterocycles. The second-order valence-corrected chi connectivity index (χ2v) is 7.23. The number of fused-ring (bicyclic) bond motifs is 5. The third-order valence-electron chi connectivity index (χ3n) is 5.82. The van der Waals surface area contributed by atoms with Crippen LogP contribution in [-0.2, 0) is 6.42 Å². The molecule has 0 N–H and O–H groups in total.